The van der Waals surface area contributed by atoms with E-state index in [-0.39, 0.29) is 12.0 Å². The van der Waals surface area contributed by atoms with Crippen LogP contribution in [0.4, 0.5) is 11.8 Å². The molecule has 1 aliphatic rings. The zero-order valence-electron chi connectivity index (χ0n) is 10.2. The topological polar surface area (TPSA) is 84.5 Å². The number of hydrogen-bond donors (Lipinski definition) is 2. The number of nitrogen functional groups attached to an aromatic ring is 1. The minimum atomic E-state index is -0.395. The third-order valence-corrected chi connectivity index (χ3v) is 3.03. The summed E-state index contributed by atoms with van der Waals surface area (Å²) in [5.41, 5.74) is 5.60. The van der Waals surface area contributed by atoms with E-state index >= 15 is 0 Å². The molecule has 0 aromatic carbocycles. The third-order valence-electron chi connectivity index (χ3n) is 2.83. The summed E-state index contributed by atoms with van der Waals surface area (Å²) in [4.78, 5) is 10.1. The van der Waals surface area contributed by atoms with Crippen LogP contribution in [-0.2, 0) is 4.74 Å². The van der Waals surface area contributed by atoms with Crippen LogP contribution in [0.5, 0.6) is 0 Å². The molecule has 0 radical (unpaired) electrons. The fraction of sp³-hybridized carbons (Fsp3) is 0.636. The van der Waals surface area contributed by atoms with E-state index in [1.807, 2.05) is 0 Å². The lowest BCUT2D eigenvalue weighted by atomic mass is 10.1. The molecule has 3 N–H and O–H groups in total. The molecule has 7 heteroatoms. The molecule has 2 unspecified atom stereocenters. The fourth-order valence-electron chi connectivity index (χ4n) is 2.12. The van der Waals surface area contributed by atoms with E-state index in [1.165, 1.54) is 0 Å². The normalized spacial score (nSPS) is 21.9. The molecule has 0 saturated carbocycles. The van der Waals surface area contributed by atoms with Gasteiger partial charge in [0.15, 0.2) is 0 Å². The van der Waals surface area contributed by atoms with Gasteiger partial charge in [0.2, 0.25) is 5.95 Å². The Morgan fingerprint density at radius 3 is 3.11 bits per heavy atom. The number of hydrogen-bond acceptors (Lipinski definition) is 6. The summed E-state index contributed by atoms with van der Waals surface area (Å²) in [6.07, 6.45) is 0.218. The predicted molar refractivity (Wildman–Crippen MR) is 69.7 cm³/mol. The van der Waals surface area contributed by atoms with Crippen molar-refractivity contribution in [2.45, 2.75) is 25.5 Å². The molecule has 2 rings (SSSR count). The Hall–Kier alpha value is -1.11. The molecule has 2 atom stereocenters. The molecule has 0 aliphatic carbocycles. The second-order valence-electron chi connectivity index (χ2n) is 4.41. The van der Waals surface area contributed by atoms with Crippen LogP contribution >= 0.6 is 11.6 Å². The summed E-state index contributed by atoms with van der Waals surface area (Å²) in [6.45, 7) is 3.64. The molecular weight excluding hydrogens is 256 g/mol. The average molecular weight is 273 g/mol. The monoisotopic (exact) mass is 272 g/mol. The summed E-state index contributed by atoms with van der Waals surface area (Å²) < 4.78 is 5.43. The van der Waals surface area contributed by atoms with Crippen molar-refractivity contribution < 1.29 is 9.84 Å². The lowest BCUT2D eigenvalue weighted by molar-refractivity contribution is 0.0718. The van der Waals surface area contributed by atoms with Gasteiger partial charge in [0, 0.05) is 12.6 Å². The number of nitrogens with zero attached hydrogens (tertiary/aromatic N) is 3. The zero-order chi connectivity index (χ0) is 13.1. The van der Waals surface area contributed by atoms with Crippen molar-refractivity contribution in [2.24, 2.45) is 0 Å². The van der Waals surface area contributed by atoms with Crippen molar-refractivity contribution in [3.8, 4) is 0 Å². The highest BCUT2D eigenvalue weighted by Gasteiger charge is 2.26. The van der Waals surface area contributed by atoms with Crippen molar-refractivity contribution in [3.63, 3.8) is 0 Å². The second kappa shape index (κ2) is 5.69. The Balaban J connectivity index is 2.21. The Bertz CT molecular complexity index is 396. The Morgan fingerprint density at radius 2 is 2.44 bits per heavy atom. The molecule has 6 nitrogen and oxygen atoms in total. The molecule has 2 heterocycles. The molecule has 1 fully saturated rings. The number of rotatable bonds is 3. The van der Waals surface area contributed by atoms with Gasteiger partial charge in [-0.1, -0.05) is 11.6 Å². The van der Waals surface area contributed by atoms with Gasteiger partial charge in [-0.15, -0.1) is 0 Å². The lowest BCUT2D eigenvalue weighted by Gasteiger charge is -2.37. The number of morpholine rings is 1. The van der Waals surface area contributed by atoms with Gasteiger partial charge in [-0.05, 0) is 13.3 Å². The van der Waals surface area contributed by atoms with E-state index in [4.69, 9.17) is 22.1 Å². The van der Waals surface area contributed by atoms with Crippen molar-refractivity contribution >= 4 is 23.4 Å². The van der Waals surface area contributed by atoms with Crippen LogP contribution in [0.2, 0.25) is 5.15 Å². The van der Waals surface area contributed by atoms with Crippen molar-refractivity contribution in [3.05, 3.63) is 11.2 Å². The first kappa shape index (κ1) is 13.3. The quantitative estimate of drug-likeness (QED) is 0.788. The molecule has 1 saturated heterocycles. The number of aliphatic hydroxyl groups excluding tert-OH is 1. The largest absolute Gasteiger partial charge is 0.393 e. The molecule has 1 aromatic rings. The average Bonchev–Trinajstić information content (AvgIpc) is 2.27. The van der Waals surface area contributed by atoms with Gasteiger partial charge in [0.1, 0.15) is 11.0 Å². The van der Waals surface area contributed by atoms with Crippen molar-refractivity contribution in [1.29, 1.82) is 0 Å². The Morgan fingerprint density at radius 1 is 1.67 bits per heavy atom. The first-order valence-corrected chi connectivity index (χ1v) is 6.26. The molecule has 100 valence electrons. The van der Waals surface area contributed by atoms with Gasteiger partial charge >= 0.3 is 0 Å². The van der Waals surface area contributed by atoms with Crippen molar-refractivity contribution in [1.82, 2.24) is 9.97 Å². The summed E-state index contributed by atoms with van der Waals surface area (Å²) in [7, 11) is 0. The molecule has 18 heavy (non-hydrogen) atoms. The number of aromatic nitrogens is 2. The van der Waals surface area contributed by atoms with Gasteiger partial charge in [-0.3, -0.25) is 0 Å². The number of nitrogens with two attached hydrogens (primary N) is 1. The van der Waals surface area contributed by atoms with Gasteiger partial charge in [0.05, 0.1) is 25.4 Å². The number of anilines is 2. The molecule has 0 bridgehead atoms. The maximum absolute atomic E-state index is 9.51. The molecule has 1 aliphatic heterocycles. The van der Waals surface area contributed by atoms with Gasteiger partial charge in [0.25, 0.3) is 0 Å². The molecular formula is C11H17ClN4O2. The highest BCUT2D eigenvalue weighted by atomic mass is 35.5. The van der Waals surface area contributed by atoms with Crippen LogP contribution in [0.25, 0.3) is 0 Å². The van der Waals surface area contributed by atoms with Crippen molar-refractivity contribution in [2.75, 3.05) is 30.4 Å². The van der Waals surface area contributed by atoms with Gasteiger partial charge in [-0.2, -0.15) is 4.98 Å². The Kier molecular flexibility index (Phi) is 4.21. The fourth-order valence-corrected chi connectivity index (χ4v) is 2.30. The number of halogens is 1. The summed E-state index contributed by atoms with van der Waals surface area (Å²) in [6, 6.07) is 1.75. The Labute approximate surface area is 111 Å². The SMILES string of the molecule is CC(O)CC1COCCN1c1cc(Cl)nc(N)n1. The highest BCUT2D eigenvalue weighted by Crippen LogP contribution is 2.23. The van der Waals surface area contributed by atoms with E-state index in [9.17, 15) is 5.11 Å². The smallest absolute Gasteiger partial charge is 0.223 e. The van der Waals surface area contributed by atoms with E-state index in [0.29, 0.717) is 37.2 Å². The van der Waals surface area contributed by atoms with Crippen LogP contribution in [0.15, 0.2) is 6.07 Å². The van der Waals surface area contributed by atoms with Gasteiger partial charge in [-0.25, -0.2) is 4.98 Å². The minimum Gasteiger partial charge on any atom is -0.393 e. The standard InChI is InChI=1S/C11H17ClN4O2/c1-7(17)4-8-6-18-3-2-16(8)10-5-9(12)14-11(13)15-10/h5,7-8,17H,2-4,6H2,1H3,(H2,13,14,15). The zero-order valence-corrected chi connectivity index (χ0v) is 11.0. The van der Waals surface area contributed by atoms with Crippen LogP contribution < -0.4 is 10.6 Å². The van der Waals surface area contributed by atoms with Crippen LogP contribution in [-0.4, -0.2) is 47.0 Å². The van der Waals surface area contributed by atoms with Crippen LogP contribution in [0.1, 0.15) is 13.3 Å². The van der Waals surface area contributed by atoms with E-state index in [1.54, 1.807) is 13.0 Å². The molecule has 0 amide bonds. The summed E-state index contributed by atoms with van der Waals surface area (Å²) in [5.74, 6) is 0.834. The first-order chi connectivity index (χ1) is 8.56. The van der Waals surface area contributed by atoms with E-state index in [0.717, 1.165) is 0 Å². The number of ether oxygens (including phenoxy) is 1. The van der Waals surface area contributed by atoms with E-state index in [2.05, 4.69) is 14.9 Å². The first-order valence-electron chi connectivity index (χ1n) is 5.89. The molecule has 0 spiro atoms. The highest BCUT2D eigenvalue weighted by molar-refractivity contribution is 6.29. The third kappa shape index (κ3) is 3.22. The molecule has 1 aromatic heterocycles. The van der Waals surface area contributed by atoms with Crippen LogP contribution in [0, 0.1) is 0 Å². The maximum Gasteiger partial charge on any atom is 0.223 e. The number of aliphatic hydroxyl groups is 1. The minimum absolute atomic E-state index is 0.0733. The van der Waals surface area contributed by atoms with Gasteiger partial charge < -0.3 is 20.5 Å². The second-order valence-corrected chi connectivity index (χ2v) is 4.80. The maximum atomic E-state index is 9.51. The summed E-state index contributed by atoms with van der Waals surface area (Å²) in [5, 5.41) is 9.83. The predicted octanol–water partition coefficient (Wildman–Crippen LogP) is 0.688. The van der Waals surface area contributed by atoms with E-state index < -0.39 is 6.10 Å². The lowest BCUT2D eigenvalue weighted by Crippen LogP contribution is -2.47. The van der Waals surface area contributed by atoms with Crippen LogP contribution in [0.3, 0.4) is 0 Å². The summed E-state index contributed by atoms with van der Waals surface area (Å²) >= 11 is 5.88.